The maximum absolute atomic E-state index is 14.6. The van der Waals surface area contributed by atoms with Crippen LogP contribution in [0.3, 0.4) is 0 Å². The van der Waals surface area contributed by atoms with Crippen LogP contribution < -0.4 is 0 Å². The monoisotopic (exact) mass is 286 g/mol. The first-order chi connectivity index (χ1) is 8.95. The largest absolute Gasteiger partial charge is 0.371 e. The molecule has 19 heavy (non-hydrogen) atoms. The van der Waals surface area contributed by atoms with Crippen molar-refractivity contribution >= 4 is 13.7 Å². The Hall–Kier alpha value is -0.960. The number of halogens is 1. The Morgan fingerprint density at radius 1 is 1.21 bits per heavy atom. The Balaban J connectivity index is 2.94. The van der Waals surface area contributed by atoms with E-state index < -0.39 is 13.0 Å². The third-order valence-electron chi connectivity index (χ3n) is 2.51. The van der Waals surface area contributed by atoms with Gasteiger partial charge in [-0.05, 0) is 32.4 Å². The van der Waals surface area contributed by atoms with Crippen molar-refractivity contribution in [3.8, 4) is 0 Å². The van der Waals surface area contributed by atoms with E-state index in [-0.39, 0.29) is 13.2 Å². The topological polar surface area (TPSA) is 35.5 Å². The lowest BCUT2D eigenvalue weighted by molar-refractivity contribution is 0.172. The van der Waals surface area contributed by atoms with Gasteiger partial charge in [0.1, 0.15) is 0 Å². The van der Waals surface area contributed by atoms with Crippen LogP contribution in [0.15, 0.2) is 36.4 Å². The molecule has 1 aromatic rings. The minimum absolute atomic E-state index is 0.135. The summed E-state index contributed by atoms with van der Waals surface area (Å²) in [7, 11) is -3.81. The summed E-state index contributed by atoms with van der Waals surface area (Å²) >= 11 is 0. The van der Waals surface area contributed by atoms with Gasteiger partial charge in [-0.2, -0.15) is 0 Å². The van der Waals surface area contributed by atoms with Crippen LogP contribution in [0.1, 0.15) is 26.3 Å². The Bertz CT molecular complexity index is 447. The number of hydrogen-bond donors (Lipinski definition) is 0. The summed E-state index contributed by atoms with van der Waals surface area (Å²) in [6, 6.07) is 9.23. The zero-order chi connectivity index (χ0) is 14.4. The normalized spacial score (nSPS) is 15.6. The van der Waals surface area contributed by atoms with Gasteiger partial charge in [0, 0.05) is 0 Å². The third-order valence-corrected chi connectivity index (χ3v) is 4.93. The van der Waals surface area contributed by atoms with Crippen molar-refractivity contribution in [2.75, 3.05) is 13.2 Å². The second-order valence-corrected chi connectivity index (χ2v) is 6.49. The highest BCUT2D eigenvalue weighted by molar-refractivity contribution is 7.55. The van der Waals surface area contributed by atoms with Gasteiger partial charge in [0.15, 0.2) is 0 Å². The van der Waals surface area contributed by atoms with Gasteiger partial charge in [0.05, 0.1) is 13.2 Å². The van der Waals surface area contributed by atoms with Gasteiger partial charge in [-0.25, -0.2) is 4.39 Å². The third kappa shape index (κ3) is 4.27. The highest BCUT2D eigenvalue weighted by Crippen LogP contribution is 2.61. The summed E-state index contributed by atoms with van der Waals surface area (Å²) in [5.41, 5.74) is 0.825. The molecule has 0 aromatic heterocycles. The molecular weight excluding hydrogens is 266 g/mol. The Morgan fingerprint density at radius 2 is 1.74 bits per heavy atom. The van der Waals surface area contributed by atoms with Crippen LogP contribution in [0.4, 0.5) is 4.39 Å². The molecule has 0 bridgehead atoms. The predicted molar refractivity (Wildman–Crippen MR) is 75.8 cm³/mol. The molecule has 5 heteroatoms. The zero-order valence-corrected chi connectivity index (χ0v) is 12.4. The molecule has 1 aromatic carbocycles. The molecule has 1 unspecified atom stereocenters. The lowest BCUT2D eigenvalue weighted by Gasteiger charge is -2.26. The first kappa shape index (κ1) is 16.1. The van der Waals surface area contributed by atoms with E-state index in [1.807, 2.05) is 30.3 Å². The van der Waals surface area contributed by atoms with E-state index in [4.69, 9.17) is 9.05 Å². The Kier molecular flexibility index (Phi) is 5.92. The highest BCUT2D eigenvalue weighted by Gasteiger charge is 2.45. The van der Waals surface area contributed by atoms with Crippen LogP contribution in [-0.4, -0.2) is 18.6 Å². The predicted octanol–water partition coefficient (Wildman–Crippen LogP) is 4.65. The lowest BCUT2D eigenvalue weighted by Crippen LogP contribution is -2.19. The van der Waals surface area contributed by atoms with Crippen molar-refractivity contribution in [2.24, 2.45) is 0 Å². The van der Waals surface area contributed by atoms with Crippen molar-refractivity contribution in [3.63, 3.8) is 0 Å². The van der Waals surface area contributed by atoms with Crippen molar-refractivity contribution in [3.05, 3.63) is 42.0 Å². The molecule has 0 fully saturated rings. The van der Waals surface area contributed by atoms with Gasteiger partial charge in [-0.1, -0.05) is 36.4 Å². The van der Waals surface area contributed by atoms with Crippen molar-refractivity contribution in [1.82, 2.24) is 0 Å². The fraction of sp³-hybridized carbons (Fsp3) is 0.429. The van der Waals surface area contributed by atoms with Crippen LogP contribution >= 0.6 is 7.60 Å². The number of hydrogen-bond acceptors (Lipinski definition) is 3. The maximum Gasteiger partial charge on any atom is 0.371 e. The highest BCUT2D eigenvalue weighted by atomic mass is 31.2. The minimum atomic E-state index is -3.81. The van der Waals surface area contributed by atoms with E-state index in [0.717, 1.165) is 5.56 Å². The van der Waals surface area contributed by atoms with E-state index >= 15 is 0 Å². The van der Waals surface area contributed by atoms with Gasteiger partial charge in [0.2, 0.25) is 5.41 Å². The van der Waals surface area contributed by atoms with E-state index in [0.29, 0.717) is 0 Å². The molecule has 0 aliphatic heterocycles. The average molecular weight is 286 g/mol. The van der Waals surface area contributed by atoms with Crippen LogP contribution in [0.5, 0.6) is 0 Å². The van der Waals surface area contributed by atoms with Crippen LogP contribution in [0.2, 0.25) is 0 Å². The summed E-state index contributed by atoms with van der Waals surface area (Å²) < 4.78 is 37.0. The van der Waals surface area contributed by atoms with Crippen molar-refractivity contribution in [1.29, 1.82) is 0 Å². The van der Waals surface area contributed by atoms with E-state index in [2.05, 4.69) is 0 Å². The molecule has 0 aliphatic rings. The van der Waals surface area contributed by atoms with E-state index in [9.17, 15) is 8.96 Å². The molecule has 106 valence electrons. The van der Waals surface area contributed by atoms with Crippen LogP contribution in [0.25, 0.3) is 6.08 Å². The Morgan fingerprint density at radius 3 is 2.21 bits per heavy atom. The molecular formula is C14H20FO3P. The van der Waals surface area contributed by atoms with E-state index in [1.54, 1.807) is 19.9 Å². The van der Waals surface area contributed by atoms with Gasteiger partial charge in [0.25, 0.3) is 0 Å². The molecule has 0 aliphatic carbocycles. The lowest BCUT2D eigenvalue weighted by atomic mass is 10.2. The smallest absolute Gasteiger partial charge is 0.306 e. The molecule has 0 saturated heterocycles. The number of alkyl halides is 1. The number of allylic oxidation sites excluding steroid dienone is 1. The molecule has 0 amide bonds. The molecule has 0 saturated carbocycles. The quantitative estimate of drug-likeness (QED) is 0.684. The molecule has 0 N–H and O–H groups in total. The second-order valence-electron chi connectivity index (χ2n) is 4.10. The molecule has 1 rings (SSSR count). The average Bonchev–Trinajstić information content (AvgIpc) is 2.38. The van der Waals surface area contributed by atoms with Crippen LogP contribution in [0, 0.1) is 0 Å². The summed E-state index contributed by atoms with van der Waals surface area (Å²) in [5.74, 6) is 0. The van der Waals surface area contributed by atoms with Gasteiger partial charge >= 0.3 is 7.60 Å². The first-order valence-electron chi connectivity index (χ1n) is 6.27. The second kappa shape index (κ2) is 6.99. The minimum Gasteiger partial charge on any atom is -0.306 e. The summed E-state index contributed by atoms with van der Waals surface area (Å²) in [5, 5.41) is -2.16. The first-order valence-corrected chi connectivity index (χ1v) is 7.82. The SMILES string of the molecule is CCOP(=O)(OCC)C(C)(F)/C=C\c1ccccc1. The molecule has 3 nitrogen and oxygen atoms in total. The molecule has 0 spiro atoms. The fourth-order valence-electron chi connectivity index (χ4n) is 1.53. The van der Waals surface area contributed by atoms with Crippen LogP contribution in [-0.2, 0) is 13.6 Å². The standard InChI is InChI=1S/C14H20FO3P/c1-4-17-19(16,18-5-2)14(3,15)12-11-13-9-7-6-8-10-13/h6-12H,4-5H2,1-3H3/b12-11-. The van der Waals surface area contributed by atoms with Gasteiger partial charge in [-0.3, -0.25) is 4.57 Å². The summed E-state index contributed by atoms with van der Waals surface area (Å²) in [6.07, 6.45) is 2.80. The van der Waals surface area contributed by atoms with Crippen molar-refractivity contribution < 1.29 is 18.0 Å². The zero-order valence-electron chi connectivity index (χ0n) is 11.5. The van der Waals surface area contributed by atoms with Gasteiger partial charge in [-0.15, -0.1) is 0 Å². The van der Waals surface area contributed by atoms with E-state index in [1.165, 1.54) is 13.0 Å². The fourth-order valence-corrected chi connectivity index (χ4v) is 3.05. The number of rotatable bonds is 7. The molecule has 0 heterocycles. The van der Waals surface area contributed by atoms with Gasteiger partial charge < -0.3 is 9.05 Å². The molecule has 0 radical (unpaired) electrons. The van der Waals surface area contributed by atoms with Crippen molar-refractivity contribution in [2.45, 2.75) is 26.2 Å². The Labute approximate surface area is 114 Å². The number of benzene rings is 1. The summed E-state index contributed by atoms with van der Waals surface area (Å²) in [4.78, 5) is 0. The maximum atomic E-state index is 14.6. The molecule has 1 atom stereocenters. The summed E-state index contributed by atoms with van der Waals surface area (Å²) in [6.45, 7) is 4.79.